The van der Waals surface area contributed by atoms with Crippen LogP contribution in [0.1, 0.15) is 0 Å². The lowest BCUT2D eigenvalue weighted by Crippen LogP contribution is -2.36. The van der Waals surface area contributed by atoms with Gasteiger partial charge >= 0.3 is 6.02 Å². The van der Waals surface area contributed by atoms with E-state index in [0.29, 0.717) is 6.02 Å². The van der Waals surface area contributed by atoms with Crippen molar-refractivity contribution in [1.82, 2.24) is 5.32 Å². The lowest BCUT2D eigenvalue weighted by molar-refractivity contribution is 0.356. The second-order valence-electron chi connectivity index (χ2n) is 1.72. The van der Waals surface area contributed by atoms with Gasteiger partial charge in [0, 0.05) is 0 Å². The van der Waals surface area contributed by atoms with Crippen molar-refractivity contribution in [3.63, 3.8) is 0 Å². The highest BCUT2D eigenvalue weighted by Crippen LogP contribution is 2.01. The Morgan fingerprint density at radius 3 is 2.73 bits per heavy atom. The molecule has 0 saturated heterocycles. The Labute approximate surface area is 69.1 Å². The largest absolute Gasteiger partial charge is 0.468 e. The summed E-state index contributed by atoms with van der Waals surface area (Å²) in [6, 6.07) is 0.512. The Bertz CT molecular complexity index is 204. The molecule has 6 heteroatoms. The van der Waals surface area contributed by atoms with E-state index in [2.05, 4.69) is 15.3 Å². The van der Waals surface area contributed by atoms with Crippen LogP contribution < -0.4 is 5.32 Å². The van der Waals surface area contributed by atoms with Crippen LogP contribution in [-0.2, 0) is 9.47 Å². The van der Waals surface area contributed by atoms with Gasteiger partial charge in [0.2, 0.25) is 5.62 Å². The Balaban J connectivity index is 2.71. The van der Waals surface area contributed by atoms with Crippen LogP contribution in [-0.4, -0.2) is 31.9 Å². The molecule has 11 heavy (non-hydrogen) atoms. The number of nitrogens with zero attached hydrogens (tertiary/aromatic N) is 2. The predicted molar refractivity (Wildman–Crippen MR) is 41.7 cm³/mol. The SMILES string of the molecule is COC1=NC(Cl)NC(OC)=N1. The van der Waals surface area contributed by atoms with E-state index in [-0.39, 0.29) is 6.02 Å². The summed E-state index contributed by atoms with van der Waals surface area (Å²) >= 11 is 5.62. The molecular weight excluding hydrogens is 170 g/mol. The molecule has 1 rings (SSSR count). The summed E-state index contributed by atoms with van der Waals surface area (Å²) in [5, 5.41) is 2.66. The number of alkyl halides is 1. The highest BCUT2D eigenvalue weighted by atomic mass is 35.5. The van der Waals surface area contributed by atoms with Crippen LogP contribution in [0.15, 0.2) is 9.98 Å². The summed E-state index contributed by atoms with van der Waals surface area (Å²) in [5.41, 5.74) is -0.572. The molecule has 1 atom stereocenters. The van der Waals surface area contributed by atoms with E-state index in [9.17, 15) is 0 Å². The van der Waals surface area contributed by atoms with Gasteiger partial charge in [0.1, 0.15) is 0 Å². The first kappa shape index (κ1) is 8.13. The minimum atomic E-state index is -0.572. The fourth-order valence-electron chi connectivity index (χ4n) is 0.582. The molecule has 1 unspecified atom stereocenters. The Morgan fingerprint density at radius 1 is 1.45 bits per heavy atom. The van der Waals surface area contributed by atoms with E-state index in [1.54, 1.807) is 0 Å². The van der Waals surface area contributed by atoms with Gasteiger partial charge in [0.05, 0.1) is 14.2 Å². The van der Waals surface area contributed by atoms with Crippen molar-refractivity contribution in [3.05, 3.63) is 0 Å². The van der Waals surface area contributed by atoms with Gasteiger partial charge < -0.3 is 14.8 Å². The van der Waals surface area contributed by atoms with Crippen molar-refractivity contribution in [3.8, 4) is 0 Å². The molecule has 0 aliphatic carbocycles. The molecule has 1 N–H and O–H groups in total. The minimum absolute atomic E-state index is 0.209. The second-order valence-corrected chi connectivity index (χ2v) is 2.13. The highest BCUT2D eigenvalue weighted by molar-refractivity contribution is 6.22. The Hall–Kier alpha value is -0.970. The third-order valence-electron chi connectivity index (χ3n) is 1.04. The summed E-state index contributed by atoms with van der Waals surface area (Å²) in [6.07, 6.45) is 0. The van der Waals surface area contributed by atoms with Crippen LogP contribution in [0.3, 0.4) is 0 Å². The van der Waals surface area contributed by atoms with Crippen LogP contribution in [0, 0.1) is 0 Å². The monoisotopic (exact) mass is 177 g/mol. The molecule has 1 heterocycles. The first-order chi connectivity index (χ1) is 5.26. The number of hydrogen-bond acceptors (Lipinski definition) is 5. The summed E-state index contributed by atoms with van der Waals surface area (Å²) in [6.45, 7) is 0. The number of amidine groups is 2. The molecular formula is C5H8ClN3O2. The van der Waals surface area contributed by atoms with E-state index in [1.165, 1.54) is 14.2 Å². The minimum Gasteiger partial charge on any atom is -0.468 e. The third-order valence-corrected chi connectivity index (χ3v) is 1.25. The molecule has 0 amide bonds. The van der Waals surface area contributed by atoms with E-state index in [4.69, 9.17) is 21.1 Å². The molecule has 0 bridgehead atoms. The second kappa shape index (κ2) is 3.43. The van der Waals surface area contributed by atoms with Crippen LogP contribution in [0.4, 0.5) is 0 Å². The van der Waals surface area contributed by atoms with Crippen LogP contribution in [0.2, 0.25) is 0 Å². The van der Waals surface area contributed by atoms with E-state index in [0.717, 1.165) is 0 Å². The van der Waals surface area contributed by atoms with Gasteiger partial charge in [-0.25, -0.2) is 0 Å². The number of aliphatic imine (C=N–C) groups is 2. The maximum atomic E-state index is 5.62. The average molecular weight is 178 g/mol. The first-order valence-corrected chi connectivity index (χ1v) is 3.35. The Morgan fingerprint density at radius 2 is 2.18 bits per heavy atom. The standard InChI is InChI=1S/C5H8ClN3O2/c1-10-4-7-3(6)8-5(9-4)11-2/h3H,1-2H3,(H,7,8,9). The molecule has 0 saturated carbocycles. The van der Waals surface area contributed by atoms with Gasteiger partial charge in [-0.15, -0.1) is 4.99 Å². The molecule has 1 aliphatic rings. The fraction of sp³-hybridized carbons (Fsp3) is 0.600. The molecule has 5 nitrogen and oxygen atoms in total. The first-order valence-electron chi connectivity index (χ1n) is 2.91. The topological polar surface area (TPSA) is 55.2 Å². The smallest absolute Gasteiger partial charge is 0.319 e. The lowest BCUT2D eigenvalue weighted by atomic mass is 10.8. The van der Waals surface area contributed by atoms with E-state index in [1.807, 2.05) is 0 Å². The van der Waals surface area contributed by atoms with Crippen LogP contribution in [0.25, 0.3) is 0 Å². The molecule has 62 valence electrons. The molecule has 0 fully saturated rings. The number of rotatable bonds is 0. The Kier molecular flexibility index (Phi) is 2.53. The van der Waals surface area contributed by atoms with Crippen LogP contribution >= 0.6 is 11.6 Å². The number of methoxy groups -OCH3 is 2. The van der Waals surface area contributed by atoms with Crippen molar-refractivity contribution in [2.75, 3.05) is 14.2 Å². The predicted octanol–water partition coefficient (Wildman–Crippen LogP) is 0.117. The number of hydrogen-bond donors (Lipinski definition) is 1. The number of nitrogens with one attached hydrogen (secondary N) is 1. The molecule has 0 aromatic heterocycles. The van der Waals surface area contributed by atoms with Gasteiger partial charge in [-0.1, -0.05) is 11.6 Å². The van der Waals surface area contributed by atoms with Crippen molar-refractivity contribution in [2.45, 2.75) is 5.62 Å². The van der Waals surface area contributed by atoms with E-state index < -0.39 is 5.62 Å². The summed E-state index contributed by atoms with van der Waals surface area (Å²) in [4.78, 5) is 7.58. The zero-order chi connectivity index (χ0) is 8.27. The molecule has 1 aliphatic heterocycles. The molecule has 0 aromatic rings. The normalized spacial score (nSPS) is 23.0. The number of halogens is 1. The number of ether oxygens (including phenoxy) is 2. The summed E-state index contributed by atoms with van der Waals surface area (Å²) in [5.74, 6) is 0. The average Bonchev–Trinajstić information content (AvgIpc) is 2.03. The maximum absolute atomic E-state index is 5.62. The molecule has 0 aromatic carbocycles. The molecule has 0 radical (unpaired) electrons. The summed E-state index contributed by atoms with van der Waals surface area (Å²) in [7, 11) is 2.94. The van der Waals surface area contributed by atoms with Crippen LogP contribution in [0.5, 0.6) is 0 Å². The van der Waals surface area contributed by atoms with Gasteiger partial charge in [-0.3, -0.25) is 0 Å². The lowest BCUT2D eigenvalue weighted by Gasteiger charge is -2.15. The zero-order valence-electron chi connectivity index (χ0n) is 6.17. The van der Waals surface area contributed by atoms with E-state index >= 15 is 0 Å². The van der Waals surface area contributed by atoms with Gasteiger partial charge in [-0.05, 0) is 0 Å². The van der Waals surface area contributed by atoms with Gasteiger partial charge in [0.25, 0.3) is 6.02 Å². The quantitative estimate of drug-likeness (QED) is 0.422. The van der Waals surface area contributed by atoms with Crippen molar-refractivity contribution in [2.24, 2.45) is 9.98 Å². The zero-order valence-corrected chi connectivity index (χ0v) is 6.92. The summed E-state index contributed by atoms with van der Waals surface area (Å²) < 4.78 is 9.54. The molecule has 0 spiro atoms. The highest BCUT2D eigenvalue weighted by Gasteiger charge is 2.14. The maximum Gasteiger partial charge on any atom is 0.319 e. The van der Waals surface area contributed by atoms with Crippen molar-refractivity contribution in [1.29, 1.82) is 0 Å². The van der Waals surface area contributed by atoms with Crippen molar-refractivity contribution < 1.29 is 9.47 Å². The van der Waals surface area contributed by atoms with Gasteiger partial charge in [-0.2, -0.15) is 4.99 Å². The van der Waals surface area contributed by atoms with Crippen molar-refractivity contribution >= 4 is 23.6 Å². The third kappa shape index (κ3) is 1.98. The van der Waals surface area contributed by atoms with Gasteiger partial charge in [0.15, 0.2) is 0 Å². The fourth-order valence-corrected chi connectivity index (χ4v) is 0.759.